The van der Waals surface area contributed by atoms with Gasteiger partial charge in [-0.2, -0.15) is 0 Å². The zero-order valence-corrected chi connectivity index (χ0v) is 21.3. The Kier molecular flexibility index (Phi) is 3.21. The number of aromatic nitrogens is 2. The minimum absolute atomic E-state index is 0.114. The summed E-state index contributed by atoms with van der Waals surface area (Å²) in [4.78, 5) is 0. The zero-order valence-electron chi connectivity index (χ0n) is 21.3. The number of hydrogen-bond donors (Lipinski definition) is 0. The number of nitrogens with zero attached hydrogens (tertiary/aromatic N) is 2. The molecule has 0 aliphatic carbocycles. The number of furan rings is 1. The molecular weight excluding hydrogens is 487 g/mol. The maximum Gasteiger partial charge on any atom is 0.252 e. The molecule has 2 aliphatic rings. The van der Waals surface area contributed by atoms with Gasteiger partial charge in [0.2, 0.25) is 0 Å². The van der Waals surface area contributed by atoms with Crippen molar-refractivity contribution in [3.8, 4) is 11.4 Å². The highest BCUT2D eigenvalue weighted by Gasteiger charge is 2.41. The van der Waals surface area contributed by atoms with E-state index in [0.717, 1.165) is 11.2 Å². The Bertz CT molecular complexity index is 2610. The molecule has 40 heavy (non-hydrogen) atoms. The first-order valence-corrected chi connectivity index (χ1v) is 13.9. The summed E-state index contributed by atoms with van der Waals surface area (Å²) in [6, 6.07) is 42.2. The van der Waals surface area contributed by atoms with Crippen molar-refractivity contribution < 1.29 is 4.42 Å². The molecule has 0 spiro atoms. The minimum atomic E-state index is 0.114. The molecule has 3 nitrogen and oxygen atoms in total. The Morgan fingerprint density at radius 1 is 0.475 bits per heavy atom. The van der Waals surface area contributed by atoms with Gasteiger partial charge in [0, 0.05) is 49.2 Å². The van der Waals surface area contributed by atoms with Crippen molar-refractivity contribution in [1.29, 1.82) is 0 Å². The highest BCUT2D eigenvalue weighted by Crippen LogP contribution is 2.43. The van der Waals surface area contributed by atoms with Crippen molar-refractivity contribution in [1.82, 2.24) is 9.13 Å². The van der Waals surface area contributed by atoms with E-state index in [1.165, 1.54) is 82.1 Å². The van der Waals surface area contributed by atoms with Gasteiger partial charge in [-0.1, -0.05) is 78.9 Å². The van der Waals surface area contributed by atoms with Gasteiger partial charge in [-0.25, -0.2) is 0 Å². The van der Waals surface area contributed by atoms with Crippen LogP contribution in [0.3, 0.4) is 0 Å². The predicted molar refractivity (Wildman–Crippen MR) is 167 cm³/mol. The lowest BCUT2D eigenvalue weighted by molar-refractivity contribution is 0.669. The molecule has 0 atom stereocenters. The molecule has 0 amide bonds. The summed E-state index contributed by atoms with van der Waals surface area (Å²) >= 11 is 0. The van der Waals surface area contributed by atoms with Gasteiger partial charge in [-0.05, 0) is 52.8 Å². The summed E-state index contributed by atoms with van der Waals surface area (Å²) < 4.78 is 11.6. The van der Waals surface area contributed by atoms with Crippen LogP contribution in [0.5, 0.6) is 0 Å². The summed E-state index contributed by atoms with van der Waals surface area (Å²) in [6.07, 6.45) is 0. The molecule has 0 saturated heterocycles. The largest absolute Gasteiger partial charge is 0.456 e. The second kappa shape index (κ2) is 6.49. The van der Waals surface area contributed by atoms with Crippen LogP contribution in [0.1, 0.15) is 0 Å². The van der Waals surface area contributed by atoms with E-state index in [0.29, 0.717) is 0 Å². The SMILES string of the molecule is c1cc2c3c(c1)-n1c4ccccc4c4c5c(cc(c41)B3c1cccc3c4ccccc4n-2c13)oc1ccccc15. The predicted octanol–water partition coefficient (Wildman–Crippen LogP) is 6.92. The average molecular weight is 506 g/mol. The number of para-hydroxylation sites is 4. The molecule has 3 aromatic heterocycles. The second-order valence-corrected chi connectivity index (χ2v) is 11.3. The Morgan fingerprint density at radius 2 is 1.12 bits per heavy atom. The molecule has 4 heteroatoms. The van der Waals surface area contributed by atoms with Crippen LogP contribution >= 0.6 is 0 Å². The number of fused-ring (bicyclic) bond motifs is 14. The van der Waals surface area contributed by atoms with Crippen LogP contribution in [0, 0.1) is 0 Å². The zero-order chi connectivity index (χ0) is 25.7. The van der Waals surface area contributed by atoms with Crippen LogP contribution in [-0.2, 0) is 0 Å². The van der Waals surface area contributed by atoms with E-state index >= 15 is 0 Å². The average Bonchev–Trinajstić information content (AvgIpc) is 3.66. The van der Waals surface area contributed by atoms with Crippen molar-refractivity contribution in [2.75, 3.05) is 0 Å². The van der Waals surface area contributed by atoms with Crippen LogP contribution in [0.25, 0.3) is 76.9 Å². The lowest BCUT2D eigenvalue weighted by atomic mass is 9.34. The van der Waals surface area contributed by atoms with Gasteiger partial charge < -0.3 is 13.6 Å². The normalized spacial score (nSPS) is 13.4. The maximum atomic E-state index is 6.59. The summed E-state index contributed by atoms with van der Waals surface area (Å²) in [5.74, 6) is 0. The third-order valence-corrected chi connectivity index (χ3v) is 9.49. The molecule has 0 radical (unpaired) electrons. The van der Waals surface area contributed by atoms with Crippen LogP contribution in [0.15, 0.2) is 120 Å². The molecule has 0 unspecified atom stereocenters. The third-order valence-electron chi connectivity index (χ3n) is 9.49. The second-order valence-electron chi connectivity index (χ2n) is 11.3. The summed E-state index contributed by atoms with van der Waals surface area (Å²) in [6.45, 7) is 0.114. The Hall–Kier alpha value is -5.22. The molecule has 0 bridgehead atoms. The van der Waals surface area contributed by atoms with E-state index in [1.807, 2.05) is 0 Å². The number of rotatable bonds is 0. The molecule has 0 fully saturated rings. The van der Waals surface area contributed by atoms with Gasteiger partial charge in [-0.15, -0.1) is 0 Å². The molecule has 9 aromatic rings. The van der Waals surface area contributed by atoms with E-state index in [-0.39, 0.29) is 6.71 Å². The monoisotopic (exact) mass is 506 g/mol. The van der Waals surface area contributed by atoms with Crippen molar-refractivity contribution >= 4 is 88.7 Å². The molecule has 182 valence electrons. The lowest BCUT2D eigenvalue weighted by Crippen LogP contribution is -2.59. The van der Waals surface area contributed by atoms with Crippen molar-refractivity contribution in [2.45, 2.75) is 0 Å². The summed E-state index contributed by atoms with van der Waals surface area (Å²) in [5.41, 5.74) is 13.6. The van der Waals surface area contributed by atoms with Crippen LogP contribution in [-0.4, -0.2) is 15.8 Å². The molecule has 11 rings (SSSR count). The summed E-state index contributed by atoms with van der Waals surface area (Å²) in [5, 5.41) is 7.58. The van der Waals surface area contributed by atoms with Gasteiger partial charge in [0.15, 0.2) is 0 Å². The molecule has 6 aromatic carbocycles. The van der Waals surface area contributed by atoms with E-state index in [9.17, 15) is 0 Å². The van der Waals surface area contributed by atoms with Crippen molar-refractivity contribution in [2.24, 2.45) is 0 Å². The lowest BCUT2D eigenvalue weighted by Gasteiger charge is -2.33. The van der Waals surface area contributed by atoms with Crippen molar-refractivity contribution in [3.05, 3.63) is 115 Å². The Morgan fingerprint density at radius 3 is 1.98 bits per heavy atom. The van der Waals surface area contributed by atoms with Crippen LogP contribution in [0.2, 0.25) is 0 Å². The fourth-order valence-electron chi connectivity index (χ4n) is 8.10. The van der Waals surface area contributed by atoms with Gasteiger partial charge in [0.05, 0.1) is 16.6 Å². The first-order chi connectivity index (χ1) is 19.9. The van der Waals surface area contributed by atoms with E-state index < -0.39 is 0 Å². The highest BCUT2D eigenvalue weighted by molar-refractivity contribution is 7.00. The molecule has 0 saturated carbocycles. The molecular formula is C36H19BN2O. The van der Waals surface area contributed by atoms with Gasteiger partial charge >= 0.3 is 0 Å². The molecule has 0 N–H and O–H groups in total. The van der Waals surface area contributed by atoms with Gasteiger partial charge in [-0.3, -0.25) is 0 Å². The van der Waals surface area contributed by atoms with E-state index in [4.69, 9.17) is 4.42 Å². The van der Waals surface area contributed by atoms with Crippen LogP contribution in [0.4, 0.5) is 0 Å². The van der Waals surface area contributed by atoms with Gasteiger partial charge in [0.25, 0.3) is 6.71 Å². The fourth-order valence-corrected chi connectivity index (χ4v) is 8.10. The number of benzene rings is 6. The third kappa shape index (κ3) is 2.03. The Balaban J connectivity index is 1.44. The van der Waals surface area contributed by atoms with Crippen molar-refractivity contribution in [3.63, 3.8) is 0 Å². The highest BCUT2D eigenvalue weighted by atomic mass is 16.3. The van der Waals surface area contributed by atoms with Gasteiger partial charge in [0.1, 0.15) is 11.2 Å². The first-order valence-electron chi connectivity index (χ1n) is 13.9. The topological polar surface area (TPSA) is 23.0 Å². The Labute approximate surface area is 228 Å². The molecule has 2 aliphatic heterocycles. The van der Waals surface area contributed by atoms with E-state index in [2.05, 4.69) is 124 Å². The standard InChI is InChI=1S/C36H19BN2O/c1-4-14-26-20(9-1)21-12-7-13-24-35(21)38(26)28-16-8-17-29-34(28)37(24)25-19-31-32(23-11-3-6-18-30(23)40-31)33-22-10-2-5-15-27(22)39(29)36(25)33/h1-19H. The smallest absolute Gasteiger partial charge is 0.252 e. The fraction of sp³-hybridized carbons (Fsp3) is 0. The first kappa shape index (κ1) is 19.8. The van der Waals surface area contributed by atoms with E-state index in [1.54, 1.807) is 0 Å². The maximum absolute atomic E-state index is 6.59. The molecule has 5 heterocycles. The summed E-state index contributed by atoms with van der Waals surface area (Å²) in [7, 11) is 0. The minimum Gasteiger partial charge on any atom is -0.456 e. The number of hydrogen-bond acceptors (Lipinski definition) is 1. The van der Waals surface area contributed by atoms with Crippen LogP contribution < -0.4 is 16.4 Å². The quantitative estimate of drug-likeness (QED) is 0.205.